The quantitative estimate of drug-likeness (QED) is 0.738. The van der Waals surface area contributed by atoms with Crippen LogP contribution in [-0.4, -0.2) is 19.2 Å². The molecule has 0 amide bonds. The van der Waals surface area contributed by atoms with Gasteiger partial charge >= 0.3 is 0 Å². The van der Waals surface area contributed by atoms with E-state index < -0.39 is 0 Å². The Hall–Kier alpha value is -0.380. The van der Waals surface area contributed by atoms with Crippen molar-refractivity contribution >= 4 is 15.9 Å². The standard InChI is InChI=1S/C14H22BrNO/c1-3-9-16-10-13(4-2)17-11-12-7-5-6-8-14(12)15/h5-8,13,16H,3-4,9-11H2,1-2H3. The fourth-order valence-electron chi connectivity index (χ4n) is 1.58. The van der Waals surface area contributed by atoms with Gasteiger partial charge in [0.15, 0.2) is 0 Å². The van der Waals surface area contributed by atoms with Gasteiger partial charge < -0.3 is 10.1 Å². The molecule has 0 bridgehead atoms. The third-order valence-electron chi connectivity index (χ3n) is 2.69. The average molecular weight is 300 g/mol. The zero-order chi connectivity index (χ0) is 12.5. The van der Waals surface area contributed by atoms with E-state index >= 15 is 0 Å². The maximum absolute atomic E-state index is 5.91. The lowest BCUT2D eigenvalue weighted by Crippen LogP contribution is -2.29. The molecule has 0 aliphatic carbocycles. The predicted octanol–water partition coefficient (Wildman–Crippen LogP) is 3.74. The molecule has 0 aromatic heterocycles. The van der Waals surface area contributed by atoms with Crippen LogP contribution in [-0.2, 0) is 11.3 Å². The molecule has 1 rings (SSSR count). The van der Waals surface area contributed by atoms with Crippen LogP contribution in [0.2, 0.25) is 0 Å². The van der Waals surface area contributed by atoms with Crippen molar-refractivity contribution in [2.24, 2.45) is 0 Å². The Morgan fingerprint density at radius 3 is 2.71 bits per heavy atom. The van der Waals surface area contributed by atoms with Crippen LogP contribution in [0.4, 0.5) is 0 Å². The summed E-state index contributed by atoms with van der Waals surface area (Å²) in [5.74, 6) is 0. The Kier molecular flexibility index (Phi) is 7.49. The lowest BCUT2D eigenvalue weighted by Gasteiger charge is -2.17. The van der Waals surface area contributed by atoms with Crippen LogP contribution in [0.3, 0.4) is 0 Å². The summed E-state index contributed by atoms with van der Waals surface area (Å²) >= 11 is 3.54. The molecule has 17 heavy (non-hydrogen) atoms. The number of rotatable bonds is 8. The highest BCUT2D eigenvalue weighted by atomic mass is 79.9. The van der Waals surface area contributed by atoms with Crippen molar-refractivity contribution in [3.8, 4) is 0 Å². The van der Waals surface area contributed by atoms with Gasteiger partial charge in [0.1, 0.15) is 0 Å². The molecule has 0 saturated carbocycles. The van der Waals surface area contributed by atoms with Gasteiger partial charge in [-0.25, -0.2) is 0 Å². The van der Waals surface area contributed by atoms with Gasteiger partial charge in [-0.2, -0.15) is 0 Å². The number of nitrogens with one attached hydrogen (secondary N) is 1. The van der Waals surface area contributed by atoms with E-state index in [1.807, 2.05) is 12.1 Å². The smallest absolute Gasteiger partial charge is 0.0732 e. The molecule has 1 aromatic rings. The SMILES string of the molecule is CCCNCC(CC)OCc1ccccc1Br. The molecule has 0 aliphatic heterocycles. The molecule has 0 aliphatic rings. The van der Waals surface area contributed by atoms with Gasteiger partial charge in [-0.15, -0.1) is 0 Å². The Labute approximate surface area is 113 Å². The van der Waals surface area contributed by atoms with Crippen LogP contribution in [0, 0.1) is 0 Å². The van der Waals surface area contributed by atoms with Crippen molar-refractivity contribution in [2.75, 3.05) is 13.1 Å². The molecule has 0 heterocycles. The van der Waals surface area contributed by atoms with Gasteiger partial charge in [0.2, 0.25) is 0 Å². The van der Waals surface area contributed by atoms with Crippen molar-refractivity contribution in [3.05, 3.63) is 34.3 Å². The summed E-state index contributed by atoms with van der Waals surface area (Å²) in [5, 5.41) is 3.40. The van der Waals surface area contributed by atoms with E-state index in [0.29, 0.717) is 12.7 Å². The second-order valence-corrected chi connectivity index (χ2v) is 4.99. The number of hydrogen-bond donors (Lipinski definition) is 1. The fraction of sp³-hybridized carbons (Fsp3) is 0.571. The minimum Gasteiger partial charge on any atom is -0.372 e. The van der Waals surface area contributed by atoms with Gasteiger partial charge in [0.25, 0.3) is 0 Å². The predicted molar refractivity (Wildman–Crippen MR) is 76.2 cm³/mol. The van der Waals surface area contributed by atoms with E-state index in [0.717, 1.165) is 24.0 Å². The minimum absolute atomic E-state index is 0.300. The van der Waals surface area contributed by atoms with Gasteiger partial charge in [-0.3, -0.25) is 0 Å². The van der Waals surface area contributed by atoms with Crippen LogP contribution in [0.25, 0.3) is 0 Å². The first kappa shape index (κ1) is 14.7. The van der Waals surface area contributed by atoms with Crippen molar-refractivity contribution in [2.45, 2.75) is 39.4 Å². The van der Waals surface area contributed by atoms with Gasteiger partial charge in [-0.05, 0) is 31.0 Å². The van der Waals surface area contributed by atoms with Gasteiger partial charge in [0.05, 0.1) is 12.7 Å². The summed E-state index contributed by atoms with van der Waals surface area (Å²) < 4.78 is 7.03. The van der Waals surface area contributed by atoms with Gasteiger partial charge in [0, 0.05) is 11.0 Å². The Morgan fingerprint density at radius 2 is 2.06 bits per heavy atom. The van der Waals surface area contributed by atoms with Crippen molar-refractivity contribution in [1.29, 1.82) is 0 Å². The normalized spacial score (nSPS) is 12.6. The van der Waals surface area contributed by atoms with E-state index in [2.05, 4.69) is 47.2 Å². The zero-order valence-electron chi connectivity index (χ0n) is 10.7. The fourth-order valence-corrected chi connectivity index (χ4v) is 1.98. The lowest BCUT2D eigenvalue weighted by atomic mass is 10.2. The summed E-state index contributed by atoms with van der Waals surface area (Å²) in [6.45, 7) is 7.02. The molecule has 0 radical (unpaired) electrons. The lowest BCUT2D eigenvalue weighted by molar-refractivity contribution is 0.0382. The molecule has 1 atom stereocenters. The molecule has 1 unspecified atom stereocenters. The first-order valence-corrected chi connectivity index (χ1v) is 7.13. The number of benzene rings is 1. The summed E-state index contributed by atoms with van der Waals surface area (Å²) in [6, 6.07) is 8.21. The molecule has 96 valence electrons. The maximum atomic E-state index is 5.91. The highest BCUT2D eigenvalue weighted by molar-refractivity contribution is 9.10. The molecular weight excluding hydrogens is 278 g/mol. The summed E-state index contributed by atoms with van der Waals surface area (Å²) in [7, 11) is 0. The van der Waals surface area contributed by atoms with E-state index in [1.165, 1.54) is 12.0 Å². The Morgan fingerprint density at radius 1 is 1.29 bits per heavy atom. The molecular formula is C14H22BrNO. The van der Waals surface area contributed by atoms with E-state index in [-0.39, 0.29) is 0 Å². The highest BCUT2D eigenvalue weighted by Crippen LogP contribution is 2.17. The Balaban J connectivity index is 2.34. The van der Waals surface area contributed by atoms with E-state index in [1.54, 1.807) is 0 Å². The third-order valence-corrected chi connectivity index (χ3v) is 3.46. The summed E-state index contributed by atoms with van der Waals surface area (Å²) in [6.07, 6.45) is 2.51. The summed E-state index contributed by atoms with van der Waals surface area (Å²) in [4.78, 5) is 0. The second kappa shape index (κ2) is 8.67. The topological polar surface area (TPSA) is 21.3 Å². The molecule has 3 heteroatoms. The van der Waals surface area contributed by atoms with Crippen molar-refractivity contribution in [3.63, 3.8) is 0 Å². The van der Waals surface area contributed by atoms with Gasteiger partial charge in [-0.1, -0.05) is 48.0 Å². The number of halogens is 1. The molecule has 1 aromatic carbocycles. The van der Waals surface area contributed by atoms with Crippen LogP contribution in [0.5, 0.6) is 0 Å². The first-order valence-electron chi connectivity index (χ1n) is 6.33. The van der Waals surface area contributed by atoms with E-state index in [4.69, 9.17) is 4.74 Å². The number of ether oxygens (including phenoxy) is 1. The summed E-state index contributed by atoms with van der Waals surface area (Å²) in [5.41, 5.74) is 1.21. The van der Waals surface area contributed by atoms with Crippen LogP contribution in [0.15, 0.2) is 28.7 Å². The largest absolute Gasteiger partial charge is 0.372 e. The average Bonchev–Trinajstić information content (AvgIpc) is 2.35. The maximum Gasteiger partial charge on any atom is 0.0732 e. The molecule has 0 fully saturated rings. The monoisotopic (exact) mass is 299 g/mol. The Bertz CT molecular complexity index is 317. The minimum atomic E-state index is 0.300. The second-order valence-electron chi connectivity index (χ2n) is 4.14. The van der Waals surface area contributed by atoms with Crippen molar-refractivity contribution < 1.29 is 4.74 Å². The number of hydrogen-bond acceptors (Lipinski definition) is 2. The van der Waals surface area contributed by atoms with Crippen LogP contribution < -0.4 is 5.32 Å². The third kappa shape index (κ3) is 5.66. The molecule has 0 saturated heterocycles. The van der Waals surface area contributed by atoms with Crippen LogP contribution >= 0.6 is 15.9 Å². The zero-order valence-corrected chi connectivity index (χ0v) is 12.3. The first-order chi connectivity index (χ1) is 8.27. The molecule has 0 spiro atoms. The molecule has 1 N–H and O–H groups in total. The van der Waals surface area contributed by atoms with Crippen molar-refractivity contribution in [1.82, 2.24) is 5.32 Å². The highest BCUT2D eigenvalue weighted by Gasteiger charge is 2.07. The van der Waals surface area contributed by atoms with Crippen LogP contribution in [0.1, 0.15) is 32.3 Å². The van der Waals surface area contributed by atoms with E-state index in [9.17, 15) is 0 Å². The molecule has 2 nitrogen and oxygen atoms in total.